The number of halogens is 1. The summed E-state index contributed by atoms with van der Waals surface area (Å²) in [6.45, 7) is 5.70. The summed E-state index contributed by atoms with van der Waals surface area (Å²) in [5, 5.41) is 2.66. The number of carbonyl (C=O) groups is 2. The molecule has 0 fully saturated rings. The predicted octanol–water partition coefficient (Wildman–Crippen LogP) is 2.28. The number of carbonyl (C=O) groups excluding carboxylic acids is 2. The second-order valence-electron chi connectivity index (χ2n) is 5.90. The molecule has 0 aromatic carbocycles. The molecule has 0 saturated carbocycles. The van der Waals surface area contributed by atoms with Gasteiger partial charge in [0.25, 0.3) is 0 Å². The zero-order chi connectivity index (χ0) is 16.5. The molecule has 0 atom stereocenters. The molecule has 1 aliphatic heterocycles. The normalized spacial score (nSPS) is 14.2. The van der Waals surface area contributed by atoms with Gasteiger partial charge >= 0.3 is 12.1 Å². The Bertz CT molecular complexity index is 613. The van der Waals surface area contributed by atoms with Gasteiger partial charge in [0.1, 0.15) is 17.0 Å². The van der Waals surface area contributed by atoms with Crippen molar-refractivity contribution in [1.82, 2.24) is 10.3 Å². The molecule has 0 radical (unpaired) electrons. The third-order valence-corrected chi connectivity index (χ3v) is 3.81. The SMILES string of the molecule is CN1COC(=O)c2c1ncc(I)c2CNC(=O)OC(C)(C)C. The lowest BCUT2D eigenvalue weighted by Gasteiger charge is -2.27. The highest BCUT2D eigenvalue weighted by Gasteiger charge is 2.28. The van der Waals surface area contributed by atoms with E-state index in [0.29, 0.717) is 16.9 Å². The number of pyridine rings is 1. The molecule has 0 saturated heterocycles. The fraction of sp³-hybridized carbons (Fsp3) is 0.500. The van der Waals surface area contributed by atoms with Gasteiger partial charge in [0.05, 0.1) is 0 Å². The van der Waals surface area contributed by atoms with Crippen LogP contribution in [0.25, 0.3) is 0 Å². The third kappa shape index (κ3) is 3.79. The van der Waals surface area contributed by atoms with Crippen LogP contribution in [-0.2, 0) is 16.0 Å². The van der Waals surface area contributed by atoms with Crippen LogP contribution in [0.5, 0.6) is 0 Å². The lowest BCUT2D eigenvalue weighted by atomic mass is 10.1. The quantitative estimate of drug-likeness (QED) is 0.586. The van der Waals surface area contributed by atoms with E-state index >= 15 is 0 Å². The first kappa shape index (κ1) is 16.8. The van der Waals surface area contributed by atoms with Crippen LogP contribution in [0.15, 0.2) is 6.20 Å². The number of nitrogens with zero attached hydrogens (tertiary/aromatic N) is 2. The summed E-state index contributed by atoms with van der Waals surface area (Å²) < 4.78 is 11.1. The number of fused-ring (bicyclic) bond motifs is 1. The van der Waals surface area contributed by atoms with Crippen LogP contribution >= 0.6 is 22.6 Å². The van der Waals surface area contributed by atoms with E-state index in [9.17, 15) is 9.59 Å². The largest absolute Gasteiger partial charge is 0.444 e. The maximum absolute atomic E-state index is 12.0. The van der Waals surface area contributed by atoms with Gasteiger partial charge in [-0.2, -0.15) is 0 Å². The van der Waals surface area contributed by atoms with Crippen molar-refractivity contribution in [2.75, 3.05) is 18.7 Å². The number of amides is 1. The van der Waals surface area contributed by atoms with Crippen molar-refractivity contribution in [3.05, 3.63) is 20.9 Å². The topological polar surface area (TPSA) is 80.8 Å². The minimum absolute atomic E-state index is 0.165. The summed E-state index contributed by atoms with van der Waals surface area (Å²) in [5.41, 5.74) is 0.485. The van der Waals surface area contributed by atoms with Gasteiger partial charge in [0.15, 0.2) is 6.73 Å². The molecule has 2 heterocycles. The van der Waals surface area contributed by atoms with Gasteiger partial charge in [-0.15, -0.1) is 0 Å². The molecule has 1 aromatic rings. The fourth-order valence-corrected chi connectivity index (χ4v) is 2.55. The Balaban J connectivity index is 2.23. The molecule has 0 spiro atoms. The summed E-state index contributed by atoms with van der Waals surface area (Å²) in [6.07, 6.45) is 1.13. The van der Waals surface area contributed by atoms with E-state index < -0.39 is 17.7 Å². The number of hydrogen-bond donors (Lipinski definition) is 1. The summed E-state index contributed by atoms with van der Waals surface area (Å²) in [4.78, 5) is 29.8. The van der Waals surface area contributed by atoms with Crippen molar-refractivity contribution in [3.8, 4) is 0 Å². The molecular weight excluding hydrogens is 401 g/mol. The van der Waals surface area contributed by atoms with Gasteiger partial charge in [-0.3, -0.25) is 0 Å². The number of nitrogens with one attached hydrogen (secondary N) is 1. The smallest absolute Gasteiger partial charge is 0.407 e. The van der Waals surface area contributed by atoms with Crippen LogP contribution in [0.4, 0.5) is 10.6 Å². The molecule has 8 heteroatoms. The van der Waals surface area contributed by atoms with Gasteiger partial charge in [-0.25, -0.2) is 14.6 Å². The highest BCUT2D eigenvalue weighted by Crippen LogP contribution is 2.28. The van der Waals surface area contributed by atoms with Crippen LogP contribution in [0.3, 0.4) is 0 Å². The highest BCUT2D eigenvalue weighted by molar-refractivity contribution is 14.1. The third-order valence-electron chi connectivity index (χ3n) is 2.88. The summed E-state index contributed by atoms with van der Waals surface area (Å²) in [7, 11) is 1.79. The van der Waals surface area contributed by atoms with E-state index in [4.69, 9.17) is 9.47 Å². The van der Waals surface area contributed by atoms with E-state index in [1.807, 2.05) is 0 Å². The van der Waals surface area contributed by atoms with Crippen molar-refractivity contribution in [3.63, 3.8) is 0 Å². The van der Waals surface area contributed by atoms with Crippen molar-refractivity contribution in [2.45, 2.75) is 32.9 Å². The zero-order valence-corrected chi connectivity index (χ0v) is 15.1. The number of anilines is 1. The summed E-state index contributed by atoms with van der Waals surface area (Å²) in [5.74, 6) is 0.123. The van der Waals surface area contributed by atoms with Crippen LogP contribution in [0.2, 0.25) is 0 Å². The Morgan fingerprint density at radius 2 is 2.23 bits per heavy atom. The van der Waals surface area contributed by atoms with Crippen LogP contribution in [0.1, 0.15) is 36.7 Å². The monoisotopic (exact) mass is 419 g/mol. The van der Waals surface area contributed by atoms with Crippen molar-refractivity contribution < 1.29 is 19.1 Å². The molecule has 2 rings (SSSR count). The molecule has 7 nitrogen and oxygen atoms in total. The summed E-state index contributed by atoms with van der Waals surface area (Å²) in [6, 6.07) is 0. The Morgan fingerprint density at radius 3 is 2.86 bits per heavy atom. The Morgan fingerprint density at radius 1 is 1.55 bits per heavy atom. The molecule has 0 bridgehead atoms. The second kappa shape index (κ2) is 6.27. The summed E-state index contributed by atoms with van der Waals surface area (Å²) >= 11 is 2.08. The Labute approximate surface area is 142 Å². The number of esters is 1. The van der Waals surface area contributed by atoms with Crippen LogP contribution in [-0.4, -0.2) is 36.4 Å². The second-order valence-corrected chi connectivity index (χ2v) is 7.06. The molecule has 1 N–H and O–H groups in total. The molecule has 1 aromatic heterocycles. The first-order chi connectivity index (χ1) is 10.2. The van der Waals surface area contributed by atoms with Crippen LogP contribution < -0.4 is 10.2 Å². The number of rotatable bonds is 2. The maximum atomic E-state index is 12.0. The number of ether oxygens (including phenoxy) is 2. The molecule has 1 aliphatic rings. The van der Waals surface area contributed by atoms with Crippen molar-refractivity contribution in [1.29, 1.82) is 0 Å². The van der Waals surface area contributed by atoms with Gasteiger partial charge < -0.3 is 19.7 Å². The number of alkyl carbamates (subject to hydrolysis) is 1. The standard InChI is InChI=1S/C14H18IN3O4/c1-14(2,3)22-13(20)17-5-8-9(15)6-16-11-10(8)12(19)21-7-18(11)4/h6H,5,7H2,1-4H3,(H,17,20). The van der Waals surface area contributed by atoms with E-state index in [2.05, 4.69) is 32.9 Å². The minimum atomic E-state index is -0.575. The molecule has 0 unspecified atom stereocenters. The van der Waals surface area contributed by atoms with E-state index in [1.54, 1.807) is 38.9 Å². The van der Waals surface area contributed by atoms with E-state index in [1.165, 1.54) is 0 Å². The molecule has 22 heavy (non-hydrogen) atoms. The lowest BCUT2D eigenvalue weighted by Crippen LogP contribution is -2.35. The average Bonchev–Trinajstić information content (AvgIpc) is 2.39. The lowest BCUT2D eigenvalue weighted by molar-refractivity contribution is 0.0473. The van der Waals surface area contributed by atoms with Crippen molar-refractivity contribution >= 4 is 40.5 Å². The molecule has 0 aliphatic carbocycles. The average molecular weight is 419 g/mol. The first-order valence-electron chi connectivity index (χ1n) is 6.71. The first-order valence-corrected chi connectivity index (χ1v) is 7.79. The number of aromatic nitrogens is 1. The van der Waals surface area contributed by atoms with E-state index in [-0.39, 0.29) is 13.3 Å². The highest BCUT2D eigenvalue weighted by atomic mass is 127. The fourth-order valence-electron chi connectivity index (χ4n) is 1.95. The molecular formula is C14H18IN3O4. The predicted molar refractivity (Wildman–Crippen MR) is 88.7 cm³/mol. The number of cyclic esters (lactones) is 1. The van der Waals surface area contributed by atoms with Crippen molar-refractivity contribution in [2.24, 2.45) is 0 Å². The molecule has 120 valence electrons. The van der Waals surface area contributed by atoms with Crippen LogP contribution in [0, 0.1) is 3.57 Å². The van der Waals surface area contributed by atoms with Gasteiger partial charge in [-0.05, 0) is 43.4 Å². The molecule has 1 amide bonds. The van der Waals surface area contributed by atoms with Gasteiger partial charge in [0, 0.05) is 28.9 Å². The maximum Gasteiger partial charge on any atom is 0.407 e. The number of hydrogen-bond acceptors (Lipinski definition) is 6. The Kier molecular flexibility index (Phi) is 4.78. The zero-order valence-electron chi connectivity index (χ0n) is 12.9. The van der Waals surface area contributed by atoms with Gasteiger partial charge in [0.2, 0.25) is 0 Å². The Hall–Kier alpha value is -1.58. The van der Waals surface area contributed by atoms with E-state index in [0.717, 1.165) is 3.57 Å². The van der Waals surface area contributed by atoms with Gasteiger partial charge in [-0.1, -0.05) is 0 Å². The minimum Gasteiger partial charge on any atom is -0.444 e.